The molecule has 1 amide bonds. The van der Waals surface area contributed by atoms with Crippen molar-refractivity contribution in [1.82, 2.24) is 15.2 Å². The molecule has 0 atom stereocenters. The van der Waals surface area contributed by atoms with E-state index in [1.54, 1.807) is 56.5 Å². The molecule has 0 fully saturated rings. The van der Waals surface area contributed by atoms with Crippen LogP contribution in [0.4, 0.5) is 4.39 Å². The fourth-order valence-electron chi connectivity index (χ4n) is 3.71. The molecule has 2 N–H and O–H groups in total. The Balaban J connectivity index is 1.75. The van der Waals surface area contributed by atoms with Gasteiger partial charge in [-0.1, -0.05) is 0 Å². The quantitative estimate of drug-likeness (QED) is 0.277. The number of ether oxygens (including phenoxy) is 3. The number of halogens is 1. The Hall–Kier alpha value is -4.86. The fraction of sp³-hybridized carbons (Fsp3) is 0.148. The summed E-state index contributed by atoms with van der Waals surface area (Å²) in [4.78, 5) is 26.3. The number of nitrogens with one attached hydrogen (secondary N) is 2. The Morgan fingerprint density at radius 3 is 2.05 bits per heavy atom. The first-order chi connectivity index (χ1) is 17.8. The summed E-state index contributed by atoms with van der Waals surface area (Å²) < 4.78 is 30.4. The molecule has 0 aliphatic rings. The highest BCUT2D eigenvalue weighted by Gasteiger charge is 2.20. The largest absolute Gasteiger partial charge is 0.497 e. The molecule has 0 aliphatic carbocycles. The van der Waals surface area contributed by atoms with Gasteiger partial charge in [-0.25, -0.2) is 14.5 Å². The Bertz CT molecular complexity index is 1480. The molecule has 9 nitrogen and oxygen atoms in total. The van der Waals surface area contributed by atoms with E-state index in [0.29, 0.717) is 34.2 Å². The van der Waals surface area contributed by atoms with Crippen molar-refractivity contribution in [3.8, 4) is 34.2 Å². The first-order valence-corrected chi connectivity index (χ1v) is 11.2. The molecule has 0 saturated carbocycles. The second kappa shape index (κ2) is 10.8. The Morgan fingerprint density at radius 2 is 1.49 bits per heavy atom. The van der Waals surface area contributed by atoms with Gasteiger partial charge in [0.1, 0.15) is 23.1 Å². The summed E-state index contributed by atoms with van der Waals surface area (Å²) in [6.45, 7) is 1.61. The molecule has 4 aromatic rings. The van der Waals surface area contributed by atoms with Gasteiger partial charge in [0.25, 0.3) is 11.5 Å². The third kappa shape index (κ3) is 5.37. The number of carbonyl (C=O) groups excluding carboxylic acids is 1. The molecular formula is C27H25FN4O5. The number of nitrogens with zero attached hydrogens (tertiary/aromatic N) is 2. The second-order valence-corrected chi connectivity index (χ2v) is 7.95. The maximum Gasteiger partial charge on any atom is 0.281 e. The lowest BCUT2D eigenvalue weighted by Crippen LogP contribution is -2.23. The van der Waals surface area contributed by atoms with Gasteiger partial charge in [-0.2, -0.15) is 5.10 Å². The number of amides is 1. The van der Waals surface area contributed by atoms with Crippen LogP contribution in [0.25, 0.3) is 16.9 Å². The monoisotopic (exact) mass is 504 g/mol. The average Bonchev–Trinajstić information content (AvgIpc) is 3.28. The summed E-state index contributed by atoms with van der Waals surface area (Å²) in [6.07, 6.45) is 0. The maximum atomic E-state index is 13.5. The van der Waals surface area contributed by atoms with Crippen LogP contribution >= 0.6 is 0 Å². The van der Waals surface area contributed by atoms with E-state index in [0.717, 1.165) is 0 Å². The van der Waals surface area contributed by atoms with Crippen molar-refractivity contribution in [3.05, 3.63) is 94.0 Å². The van der Waals surface area contributed by atoms with E-state index in [9.17, 15) is 14.0 Å². The second-order valence-electron chi connectivity index (χ2n) is 7.95. The van der Waals surface area contributed by atoms with E-state index >= 15 is 0 Å². The molecule has 0 aliphatic heterocycles. The average molecular weight is 505 g/mol. The van der Waals surface area contributed by atoms with Gasteiger partial charge in [-0.05, 0) is 67.6 Å². The molecule has 1 heterocycles. The topological polar surface area (TPSA) is 107 Å². The number of aromatic amines is 1. The van der Waals surface area contributed by atoms with Crippen molar-refractivity contribution in [1.29, 1.82) is 0 Å². The van der Waals surface area contributed by atoms with Crippen LogP contribution in [-0.4, -0.2) is 42.7 Å². The zero-order chi connectivity index (χ0) is 26.5. The zero-order valence-corrected chi connectivity index (χ0v) is 20.7. The fourth-order valence-corrected chi connectivity index (χ4v) is 3.71. The van der Waals surface area contributed by atoms with Crippen LogP contribution in [-0.2, 0) is 0 Å². The van der Waals surface area contributed by atoms with Crippen LogP contribution in [0.15, 0.2) is 76.6 Å². The minimum atomic E-state index is -0.517. The SMILES string of the molecule is COc1ccc(-c2[nH]n(-c3ccc(F)cc3)c(=O)c2C(C)=NNC(=O)c2cc(OC)cc(OC)c2)cc1. The van der Waals surface area contributed by atoms with Crippen LogP contribution < -0.4 is 25.2 Å². The van der Waals surface area contributed by atoms with Crippen LogP contribution in [0.3, 0.4) is 0 Å². The molecule has 0 bridgehead atoms. The maximum absolute atomic E-state index is 13.5. The Morgan fingerprint density at radius 1 is 0.892 bits per heavy atom. The van der Waals surface area contributed by atoms with Crippen molar-refractivity contribution < 1.29 is 23.4 Å². The number of carbonyl (C=O) groups is 1. The van der Waals surface area contributed by atoms with E-state index in [1.165, 1.54) is 43.2 Å². The summed E-state index contributed by atoms with van der Waals surface area (Å²) >= 11 is 0. The molecule has 1 aromatic heterocycles. The first-order valence-electron chi connectivity index (χ1n) is 11.2. The van der Waals surface area contributed by atoms with Crippen LogP contribution in [0, 0.1) is 5.82 Å². The molecule has 0 radical (unpaired) electrons. The normalized spacial score (nSPS) is 11.2. The lowest BCUT2D eigenvalue weighted by atomic mass is 10.1. The molecule has 10 heteroatoms. The predicted octanol–water partition coefficient (Wildman–Crippen LogP) is 4.15. The molecule has 37 heavy (non-hydrogen) atoms. The van der Waals surface area contributed by atoms with Crippen molar-refractivity contribution in [3.63, 3.8) is 0 Å². The Kier molecular flexibility index (Phi) is 7.38. The highest BCUT2D eigenvalue weighted by molar-refractivity contribution is 6.04. The highest BCUT2D eigenvalue weighted by atomic mass is 19.1. The van der Waals surface area contributed by atoms with Crippen LogP contribution in [0.2, 0.25) is 0 Å². The van der Waals surface area contributed by atoms with Crippen molar-refractivity contribution >= 4 is 11.6 Å². The summed E-state index contributed by atoms with van der Waals surface area (Å²) in [5, 5.41) is 7.29. The van der Waals surface area contributed by atoms with Gasteiger partial charge >= 0.3 is 0 Å². The lowest BCUT2D eigenvalue weighted by Gasteiger charge is -2.08. The molecular weight excluding hydrogens is 479 g/mol. The standard InChI is InChI=1S/C27H25FN4O5/c1-16(29-30-26(33)18-13-22(36-3)15-23(14-18)37-4)24-25(17-5-11-21(35-2)12-6-17)31-32(27(24)34)20-9-7-19(28)8-10-20/h5-15,31H,1-4H3,(H,30,33). The van der Waals surface area contributed by atoms with Gasteiger partial charge in [-0.3, -0.25) is 14.7 Å². The minimum Gasteiger partial charge on any atom is -0.497 e. The van der Waals surface area contributed by atoms with E-state index < -0.39 is 17.3 Å². The van der Waals surface area contributed by atoms with Gasteiger partial charge in [0, 0.05) is 17.2 Å². The summed E-state index contributed by atoms with van der Waals surface area (Å²) in [6, 6.07) is 17.3. The van der Waals surface area contributed by atoms with Crippen LogP contribution in [0.1, 0.15) is 22.8 Å². The number of hydrazone groups is 1. The Labute approximate surface area is 212 Å². The van der Waals surface area contributed by atoms with Gasteiger partial charge in [0.15, 0.2) is 0 Å². The number of H-pyrrole nitrogens is 1. The third-order valence-corrected chi connectivity index (χ3v) is 5.65. The molecule has 3 aromatic carbocycles. The highest BCUT2D eigenvalue weighted by Crippen LogP contribution is 2.25. The lowest BCUT2D eigenvalue weighted by molar-refractivity contribution is 0.0954. The minimum absolute atomic E-state index is 0.234. The summed E-state index contributed by atoms with van der Waals surface area (Å²) in [7, 11) is 4.53. The van der Waals surface area contributed by atoms with Gasteiger partial charge in [-0.15, -0.1) is 0 Å². The molecule has 0 spiro atoms. The summed E-state index contributed by atoms with van der Waals surface area (Å²) in [5.41, 5.74) is 4.42. The number of rotatable bonds is 8. The van der Waals surface area contributed by atoms with Gasteiger partial charge < -0.3 is 14.2 Å². The number of hydrogen-bond donors (Lipinski definition) is 2. The number of hydrogen-bond acceptors (Lipinski definition) is 6. The van der Waals surface area contributed by atoms with E-state index in [4.69, 9.17) is 14.2 Å². The molecule has 4 rings (SSSR count). The first kappa shape index (κ1) is 25.2. The van der Waals surface area contributed by atoms with E-state index in [-0.39, 0.29) is 16.8 Å². The number of methoxy groups -OCH3 is 3. The predicted molar refractivity (Wildman–Crippen MR) is 138 cm³/mol. The third-order valence-electron chi connectivity index (χ3n) is 5.65. The van der Waals surface area contributed by atoms with Gasteiger partial charge in [0.2, 0.25) is 0 Å². The van der Waals surface area contributed by atoms with Crippen molar-refractivity contribution in [2.45, 2.75) is 6.92 Å². The molecule has 0 saturated heterocycles. The smallest absolute Gasteiger partial charge is 0.281 e. The van der Waals surface area contributed by atoms with Gasteiger partial charge in [0.05, 0.1) is 44.0 Å². The number of benzene rings is 3. The van der Waals surface area contributed by atoms with Crippen molar-refractivity contribution in [2.24, 2.45) is 5.10 Å². The summed E-state index contributed by atoms with van der Waals surface area (Å²) in [5.74, 6) is 0.599. The molecule has 0 unspecified atom stereocenters. The van der Waals surface area contributed by atoms with E-state index in [2.05, 4.69) is 15.6 Å². The van der Waals surface area contributed by atoms with Crippen molar-refractivity contribution in [2.75, 3.05) is 21.3 Å². The van der Waals surface area contributed by atoms with E-state index in [1.807, 2.05) is 0 Å². The van der Waals surface area contributed by atoms with Crippen LogP contribution in [0.5, 0.6) is 17.2 Å². The number of aromatic nitrogens is 2. The zero-order valence-electron chi connectivity index (χ0n) is 20.7. The molecule has 190 valence electrons.